The van der Waals surface area contributed by atoms with Gasteiger partial charge in [0.05, 0.1) is 18.0 Å². The summed E-state index contributed by atoms with van der Waals surface area (Å²) in [6.07, 6.45) is 12.1. The molecule has 2 rings (SSSR count). The summed E-state index contributed by atoms with van der Waals surface area (Å²) in [5, 5.41) is 12.1. The average molecular weight is 172 g/mol. The Bertz CT molecular complexity index is 309. The van der Waals surface area contributed by atoms with Crippen LogP contribution in [0.3, 0.4) is 0 Å². The number of hydrogen-bond acceptors (Lipinski definition) is 2. The van der Waals surface area contributed by atoms with Gasteiger partial charge in [-0.25, -0.2) is 0 Å². The van der Waals surface area contributed by atoms with Gasteiger partial charge in [-0.2, -0.15) is 5.26 Å². The van der Waals surface area contributed by atoms with Crippen LogP contribution in [0.25, 0.3) is 0 Å². The Balaban J connectivity index is 2.05. The van der Waals surface area contributed by atoms with Gasteiger partial charge in [0.2, 0.25) is 0 Å². The lowest BCUT2D eigenvalue weighted by Crippen LogP contribution is -2.23. The molecule has 2 heteroatoms. The SMILES string of the molecule is N#CC1C=CC=C([C@H]2CC=CN2)C1. The van der Waals surface area contributed by atoms with E-state index in [9.17, 15) is 0 Å². The van der Waals surface area contributed by atoms with E-state index in [1.54, 1.807) is 0 Å². The molecular weight excluding hydrogens is 160 g/mol. The number of rotatable bonds is 1. The molecule has 2 aliphatic rings. The van der Waals surface area contributed by atoms with Crippen molar-refractivity contribution in [3.63, 3.8) is 0 Å². The summed E-state index contributed by atoms with van der Waals surface area (Å²) in [7, 11) is 0. The van der Waals surface area contributed by atoms with Crippen molar-refractivity contribution < 1.29 is 0 Å². The summed E-state index contributed by atoms with van der Waals surface area (Å²) in [5.74, 6) is 0.0717. The van der Waals surface area contributed by atoms with Crippen molar-refractivity contribution in [3.8, 4) is 6.07 Å². The summed E-state index contributed by atoms with van der Waals surface area (Å²) in [6, 6.07) is 2.71. The van der Waals surface area contributed by atoms with Gasteiger partial charge in [0.1, 0.15) is 0 Å². The van der Waals surface area contributed by atoms with Crippen LogP contribution < -0.4 is 5.32 Å². The van der Waals surface area contributed by atoms with E-state index < -0.39 is 0 Å². The molecule has 0 bridgehead atoms. The lowest BCUT2D eigenvalue weighted by molar-refractivity contribution is 0.645. The van der Waals surface area contributed by atoms with Gasteiger partial charge < -0.3 is 5.32 Å². The van der Waals surface area contributed by atoms with E-state index in [1.165, 1.54) is 5.57 Å². The number of allylic oxidation sites excluding steroid dienone is 3. The Morgan fingerprint density at radius 3 is 3.15 bits per heavy atom. The predicted octanol–water partition coefficient (Wildman–Crippen LogP) is 1.89. The first kappa shape index (κ1) is 8.12. The lowest BCUT2D eigenvalue weighted by Gasteiger charge is -2.19. The molecule has 0 saturated heterocycles. The van der Waals surface area contributed by atoms with E-state index in [1.807, 2.05) is 18.4 Å². The van der Waals surface area contributed by atoms with Crippen molar-refractivity contribution >= 4 is 0 Å². The minimum absolute atomic E-state index is 0.0717. The van der Waals surface area contributed by atoms with Gasteiger partial charge in [-0.15, -0.1) is 0 Å². The van der Waals surface area contributed by atoms with Crippen LogP contribution in [0.1, 0.15) is 12.8 Å². The van der Waals surface area contributed by atoms with E-state index in [2.05, 4.69) is 23.5 Å². The molecule has 2 nitrogen and oxygen atoms in total. The summed E-state index contributed by atoms with van der Waals surface area (Å²) >= 11 is 0. The Morgan fingerprint density at radius 2 is 2.46 bits per heavy atom. The maximum absolute atomic E-state index is 8.79. The first-order chi connectivity index (χ1) is 6.40. The van der Waals surface area contributed by atoms with Gasteiger partial charge in [0.15, 0.2) is 0 Å². The van der Waals surface area contributed by atoms with Crippen molar-refractivity contribution in [1.82, 2.24) is 5.32 Å². The minimum Gasteiger partial charge on any atom is -0.384 e. The van der Waals surface area contributed by atoms with Crippen molar-refractivity contribution in [2.45, 2.75) is 18.9 Å². The Kier molecular flexibility index (Phi) is 2.18. The number of nitrogens with one attached hydrogen (secondary N) is 1. The maximum Gasteiger partial charge on any atom is 0.0701 e. The molecule has 1 unspecified atom stereocenters. The Morgan fingerprint density at radius 1 is 1.54 bits per heavy atom. The number of nitriles is 1. The van der Waals surface area contributed by atoms with Crippen LogP contribution in [0.2, 0.25) is 0 Å². The third-order valence-corrected chi connectivity index (χ3v) is 2.51. The van der Waals surface area contributed by atoms with Crippen molar-refractivity contribution in [2.75, 3.05) is 0 Å². The average Bonchev–Trinajstić information content (AvgIpc) is 2.71. The molecule has 2 atom stereocenters. The van der Waals surface area contributed by atoms with Gasteiger partial charge >= 0.3 is 0 Å². The van der Waals surface area contributed by atoms with Crippen LogP contribution >= 0.6 is 0 Å². The zero-order valence-electron chi connectivity index (χ0n) is 7.40. The standard InChI is InChI=1S/C11H12N2/c12-8-9-3-1-4-10(7-9)11-5-2-6-13-11/h1-4,6,9,11,13H,5,7H2/t9?,11-/m1/s1. The van der Waals surface area contributed by atoms with Crippen LogP contribution in [-0.2, 0) is 0 Å². The highest BCUT2D eigenvalue weighted by Crippen LogP contribution is 2.23. The molecule has 66 valence electrons. The predicted molar refractivity (Wildman–Crippen MR) is 51.6 cm³/mol. The fourth-order valence-corrected chi connectivity index (χ4v) is 1.77. The molecule has 0 spiro atoms. The zero-order valence-corrected chi connectivity index (χ0v) is 7.40. The smallest absolute Gasteiger partial charge is 0.0701 e. The van der Waals surface area contributed by atoms with Gasteiger partial charge in [-0.3, -0.25) is 0 Å². The van der Waals surface area contributed by atoms with E-state index in [-0.39, 0.29) is 5.92 Å². The van der Waals surface area contributed by atoms with E-state index in [0.717, 1.165) is 12.8 Å². The second-order valence-corrected chi connectivity index (χ2v) is 3.42. The van der Waals surface area contributed by atoms with Gasteiger partial charge in [0, 0.05) is 0 Å². The first-order valence-corrected chi connectivity index (χ1v) is 4.58. The second kappa shape index (κ2) is 3.49. The molecule has 1 N–H and O–H groups in total. The summed E-state index contributed by atoms with van der Waals surface area (Å²) in [6.45, 7) is 0. The molecule has 13 heavy (non-hydrogen) atoms. The fourth-order valence-electron chi connectivity index (χ4n) is 1.77. The summed E-state index contributed by atoms with van der Waals surface area (Å²) in [4.78, 5) is 0. The van der Waals surface area contributed by atoms with Crippen LogP contribution in [0.4, 0.5) is 0 Å². The fraction of sp³-hybridized carbons (Fsp3) is 0.364. The first-order valence-electron chi connectivity index (χ1n) is 4.58. The summed E-state index contributed by atoms with van der Waals surface area (Å²) < 4.78 is 0. The molecule has 0 aromatic heterocycles. The van der Waals surface area contributed by atoms with Crippen LogP contribution in [0.5, 0.6) is 0 Å². The number of nitrogens with zero attached hydrogens (tertiary/aromatic N) is 1. The second-order valence-electron chi connectivity index (χ2n) is 3.42. The topological polar surface area (TPSA) is 35.8 Å². The largest absolute Gasteiger partial charge is 0.384 e. The Hall–Kier alpha value is -1.49. The van der Waals surface area contributed by atoms with Gasteiger partial charge in [-0.05, 0) is 24.6 Å². The minimum atomic E-state index is 0.0717. The third-order valence-electron chi connectivity index (χ3n) is 2.51. The highest BCUT2D eigenvalue weighted by Gasteiger charge is 2.19. The number of hydrogen-bond donors (Lipinski definition) is 1. The Labute approximate surface area is 78.3 Å². The van der Waals surface area contributed by atoms with Gasteiger partial charge in [-0.1, -0.05) is 24.3 Å². The molecular formula is C11H12N2. The molecule has 1 aliphatic carbocycles. The molecule has 0 aromatic carbocycles. The maximum atomic E-state index is 8.79. The molecule has 0 radical (unpaired) electrons. The van der Waals surface area contributed by atoms with Crippen molar-refractivity contribution in [3.05, 3.63) is 36.1 Å². The molecule has 0 fully saturated rings. The van der Waals surface area contributed by atoms with Crippen LogP contribution in [-0.4, -0.2) is 6.04 Å². The zero-order chi connectivity index (χ0) is 9.10. The molecule has 0 amide bonds. The third kappa shape index (κ3) is 1.65. The van der Waals surface area contributed by atoms with E-state index >= 15 is 0 Å². The van der Waals surface area contributed by atoms with E-state index in [0.29, 0.717) is 6.04 Å². The monoisotopic (exact) mass is 172 g/mol. The molecule has 1 heterocycles. The molecule has 0 saturated carbocycles. The summed E-state index contributed by atoms with van der Waals surface area (Å²) in [5.41, 5.74) is 1.35. The van der Waals surface area contributed by atoms with Gasteiger partial charge in [0.25, 0.3) is 0 Å². The van der Waals surface area contributed by atoms with E-state index in [4.69, 9.17) is 5.26 Å². The molecule has 1 aliphatic heterocycles. The highest BCUT2D eigenvalue weighted by molar-refractivity contribution is 5.29. The van der Waals surface area contributed by atoms with Crippen molar-refractivity contribution in [2.24, 2.45) is 5.92 Å². The van der Waals surface area contributed by atoms with Crippen LogP contribution in [0, 0.1) is 17.2 Å². The van der Waals surface area contributed by atoms with Crippen molar-refractivity contribution in [1.29, 1.82) is 5.26 Å². The normalized spacial score (nSPS) is 30.8. The quantitative estimate of drug-likeness (QED) is 0.655. The highest BCUT2D eigenvalue weighted by atomic mass is 14.9. The molecule has 0 aromatic rings. The van der Waals surface area contributed by atoms with Crippen LogP contribution in [0.15, 0.2) is 36.1 Å². The lowest BCUT2D eigenvalue weighted by atomic mass is 9.90.